The lowest BCUT2D eigenvalue weighted by atomic mass is 10.1. The van der Waals surface area contributed by atoms with Crippen LogP contribution in [-0.2, 0) is 4.79 Å². The topological polar surface area (TPSA) is 65.5 Å². The van der Waals surface area contributed by atoms with Crippen LogP contribution in [0.25, 0.3) is 0 Å². The van der Waals surface area contributed by atoms with Gasteiger partial charge in [0.1, 0.15) is 0 Å². The van der Waals surface area contributed by atoms with Gasteiger partial charge in [-0.2, -0.15) is 0 Å². The van der Waals surface area contributed by atoms with Gasteiger partial charge in [0.15, 0.2) is 5.13 Å². The molecular weight excluding hydrogens is 238 g/mol. The van der Waals surface area contributed by atoms with E-state index in [1.807, 2.05) is 38.1 Å². The van der Waals surface area contributed by atoms with E-state index in [0.717, 1.165) is 5.69 Å². The van der Waals surface area contributed by atoms with Crippen molar-refractivity contribution in [3.05, 3.63) is 11.1 Å². The number of anilines is 1. The van der Waals surface area contributed by atoms with Crippen LogP contribution < -0.4 is 5.32 Å². The number of hydrogen-bond acceptors (Lipinski definition) is 5. The summed E-state index contributed by atoms with van der Waals surface area (Å²) in [5.74, 6) is -0.122. The van der Waals surface area contributed by atoms with Crippen molar-refractivity contribution in [3.8, 4) is 0 Å². The van der Waals surface area contributed by atoms with Gasteiger partial charge in [0.05, 0.1) is 18.8 Å². The number of aliphatic hydroxyl groups excluding tert-OH is 1. The molecule has 0 spiro atoms. The summed E-state index contributed by atoms with van der Waals surface area (Å²) in [5.41, 5.74) is 0.491. The molecule has 1 rings (SSSR count). The fraction of sp³-hybridized carbons (Fsp3) is 0.636. The molecule has 0 bridgehead atoms. The Hall–Kier alpha value is -0.980. The van der Waals surface area contributed by atoms with Crippen LogP contribution >= 0.6 is 11.3 Å². The van der Waals surface area contributed by atoms with Crippen molar-refractivity contribution in [2.45, 2.75) is 26.3 Å². The predicted octanol–water partition coefficient (Wildman–Crippen LogP) is 1.09. The van der Waals surface area contributed by atoms with Crippen LogP contribution in [0.15, 0.2) is 5.38 Å². The summed E-state index contributed by atoms with van der Waals surface area (Å²) >= 11 is 1.41. The van der Waals surface area contributed by atoms with Gasteiger partial charge in [0, 0.05) is 10.9 Å². The van der Waals surface area contributed by atoms with Crippen LogP contribution in [0.5, 0.6) is 0 Å². The summed E-state index contributed by atoms with van der Waals surface area (Å²) in [5, 5.41) is 14.4. The Balaban J connectivity index is 2.50. The van der Waals surface area contributed by atoms with E-state index in [4.69, 9.17) is 0 Å². The second-order valence-corrected chi connectivity index (χ2v) is 5.53. The first-order valence-electron chi connectivity index (χ1n) is 5.39. The quantitative estimate of drug-likeness (QED) is 0.829. The molecule has 0 atom stereocenters. The number of rotatable bonds is 5. The third kappa shape index (κ3) is 4.07. The van der Waals surface area contributed by atoms with Gasteiger partial charge >= 0.3 is 0 Å². The summed E-state index contributed by atoms with van der Waals surface area (Å²) in [6.07, 6.45) is 0. The van der Waals surface area contributed by atoms with Crippen LogP contribution in [0.4, 0.5) is 5.13 Å². The van der Waals surface area contributed by atoms with Crippen molar-refractivity contribution < 1.29 is 9.90 Å². The molecule has 96 valence electrons. The van der Waals surface area contributed by atoms with Gasteiger partial charge < -0.3 is 10.4 Å². The van der Waals surface area contributed by atoms with Crippen LogP contribution in [0.2, 0.25) is 0 Å². The Bertz CT molecular complexity index is 390. The van der Waals surface area contributed by atoms with E-state index in [2.05, 4.69) is 10.3 Å². The average molecular weight is 257 g/mol. The first-order chi connectivity index (χ1) is 7.85. The van der Waals surface area contributed by atoms with E-state index in [-0.39, 0.29) is 19.1 Å². The zero-order valence-corrected chi connectivity index (χ0v) is 11.5. The van der Waals surface area contributed by atoms with Crippen molar-refractivity contribution in [1.29, 1.82) is 0 Å². The zero-order valence-electron chi connectivity index (χ0n) is 10.6. The van der Waals surface area contributed by atoms with Crippen molar-refractivity contribution in [1.82, 2.24) is 9.88 Å². The SMILES string of the molecule is Cc1csc(NC(=O)CN(C)C(C)(C)CO)n1. The molecule has 2 N–H and O–H groups in total. The minimum absolute atomic E-state index is 0.00708. The molecule has 0 unspecified atom stereocenters. The smallest absolute Gasteiger partial charge is 0.240 e. The van der Waals surface area contributed by atoms with Crippen molar-refractivity contribution in [2.75, 3.05) is 25.5 Å². The van der Waals surface area contributed by atoms with Crippen LogP contribution in [0.3, 0.4) is 0 Å². The number of carbonyl (C=O) groups is 1. The maximum atomic E-state index is 11.7. The Kier molecular flexibility index (Phi) is 4.62. The lowest BCUT2D eigenvalue weighted by molar-refractivity contribution is -0.118. The molecule has 0 aromatic carbocycles. The summed E-state index contributed by atoms with van der Waals surface area (Å²) in [7, 11) is 1.81. The minimum atomic E-state index is -0.407. The largest absolute Gasteiger partial charge is 0.394 e. The van der Waals surface area contributed by atoms with E-state index >= 15 is 0 Å². The first kappa shape index (κ1) is 14.1. The number of nitrogens with zero attached hydrogens (tertiary/aromatic N) is 2. The molecule has 0 saturated carbocycles. The monoisotopic (exact) mass is 257 g/mol. The van der Waals surface area contributed by atoms with E-state index in [1.54, 1.807) is 0 Å². The molecule has 5 nitrogen and oxygen atoms in total. The molecule has 6 heteroatoms. The lowest BCUT2D eigenvalue weighted by Crippen LogP contribution is -2.47. The Morgan fingerprint density at radius 3 is 2.76 bits per heavy atom. The van der Waals surface area contributed by atoms with Crippen LogP contribution in [-0.4, -0.2) is 46.6 Å². The van der Waals surface area contributed by atoms with Crippen molar-refractivity contribution >= 4 is 22.4 Å². The molecule has 1 amide bonds. The molecule has 0 aliphatic carbocycles. The number of aromatic nitrogens is 1. The highest BCUT2D eigenvalue weighted by atomic mass is 32.1. The summed E-state index contributed by atoms with van der Waals surface area (Å²) in [4.78, 5) is 17.7. The highest BCUT2D eigenvalue weighted by molar-refractivity contribution is 7.13. The number of amides is 1. The van der Waals surface area contributed by atoms with Crippen LogP contribution in [0.1, 0.15) is 19.5 Å². The molecule has 1 heterocycles. The molecule has 17 heavy (non-hydrogen) atoms. The highest BCUT2D eigenvalue weighted by Gasteiger charge is 2.24. The van der Waals surface area contributed by atoms with Gasteiger partial charge in [0.2, 0.25) is 5.91 Å². The van der Waals surface area contributed by atoms with E-state index < -0.39 is 5.54 Å². The van der Waals surface area contributed by atoms with Gasteiger partial charge in [0.25, 0.3) is 0 Å². The van der Waals surface area contributed by atoms with Gasteiger partial charge in [-0.05, 0) is 27.8 Å². The molecule has 1 aromatic rings. The second-order valence-electron chi connectivity index (χ2n) is 4.67. The molecule has 0 aliphatic heterocycles. The Morgan fingerprint density at radius 2 is 2.29 bits per heavy atom. The van der Waals surface area contributed by atoms with Crippen molar-refractivity contribution in [2.24, 2.45) is 0 Å². The number of carbonyl (C=O) groups excluding carboxylic acids is 1. The normalized spacial score (nSPS) is 11.9. The summed E-state index contributed by atoms with van der Waals surface area (Å²) in [6, 6.07) is 0. The van der Waals surface area contributed by atoms with E-state index in [9.17, 15) is 9.90 Å². The average Bonchev–Trinajstić information content (AvgIpc) is 2.63. The Labute approximate surface area is 105 Å². The number of nitrogens with one attached hydrogen (secondary N) is 1. The third-order valence-electron chi connectivity index (χ3n) is 2.67. The molecule has 1 aromatic heterocycles. The predicted molar refractivity (Wildman–Crippen MR) is 69.3 cm³/mol. The van der Waals surface area contributed by atoms with Gasteiger partial charge in [-0.15, -0.1) is 11.3 Å². The standard InChI is InChI=1S/C11H19N3O2S/c1-8-6-17-10(12-8)13-9(16)5-14(4)11(2,3)7-15/h6,15H,5,7H2,1-4H3,(H,12,13,16). The molecule has 0 aliphatic rings. The van der Waals surface area contributed by atoms with Crippen LogP contribution in [0, 0.1) is 6.92 Å². The second kappa shape index (κ2) is 5.57. The number of hydrogen-bond donors (Lipinski definition) is 2. The van der Waals surface area contributed by atoms with Gasteiger partial charge in [-0.3, -0.25) is 9.69 Å². The fourth-order valence-electron chi connectivity index (χ4n) is 1.12. The molecular formula is C11H19N3O2S. The number of thiazole rings is 1. The first-order valence-corrected chi connectivity index (χ1v) is 6.27. The molecule has 0 radical (unpaired) electrons. The third-order valence-corrected chi connectivity index (χ3v) is 3.54. The number of aryl methyl sites for hydroxylation is 1. The van der Waals surface area contributed by atoms with Gasteiger partial charge in [-0.25, -0.2) is 4.98 Å². The molecule has 0 fully saturated rings. The minimum Gasteiger partial charge on any atom is -0.394 e. The lowest BCUT2D eigenvalue weighted by Gasteiger charge is -2.33. The van der Waals surface area contributed by atoms with E-state index in [1.165, 1.54) is 11.3 Å². The fourth-order valence-corrected chi connectivity index (χ4v) is 1.82. The number of likely N-dealkylation sites (N-methyl/N-ethyl adjacent to an activating group) is 1. The van der Waals surface area contributed by atoms with Gasteiger partial charge in [-0.1, -0.05) is 0 Å². The maximum absolute atomic E-state index is 11.7. The molecule has 0 saturated heterocycles. The Morgan fingerprint density at radius 1 is 1.65 bits per heavy atom. The zero-order chi connectivity index (χ0) is 13.1. The summed E-state index contributed by atoms with van der Waals surface area (Å²) in [6.45, 7) is 5.88. The van der Waals surface area contributed by atoms with Crippen molar-refractivity contribution in [3.63, 3.8) is 0 Å². The van der Waals surface area contributed by atoms with E-state index in [0.29, 0.717) is 5.13 Å². The highest BCUT2D eigenvalue weighted by Crippen LogP contribution is 2.15. The maximum Gasteiger partial charge on any atom is 0.240 e. The summed E-state index contributed by atoms with van der Waals surface area (Å²) < 4.78 is 0. The number of aliphatic hydroxyl groups is 1.